The Balaban J connectivity index is 1.61. The zero-order chi connectivity index (χ0) is 19.1. The quantitative estimate of drug-likeness (QED) is 0.583. The van der Waals surface area contributed by atoms with E-state index in [0.29, 0.717) is 5.69 Å². The Morgan fingerprint density at radius 3 is 2.78 bits per heavy atom. The normalized spacial score (nSPS) is 12.4. The fourth-order valence-electron chi connectivity index (χ4n) is 3.40. The molecule has 0 bridgehead atoms. The standard InChI is InChI=1S/C20H21N5OS/c1-12-7-5-6-8-17(12)25-15(4)16(11-21-25)13(2)22-19(26)18-14(3)23-20-24(18)9-10-27-20/h5-11,13H,1-4H3,(H,22,26)/t13-/m1/s1. The Labute approximate surface area is 161 Å². The van der Waals surface area contributed by atoms with Crippen molar-refractivity contribution < 1.29 is 4.79 Å². The number of imidazole rings is 1. The van der Waals surface area contributed by atoms with Crippen LogP contribution in [-0.4, -0.2) is 25.1 Å². The number of carbonyl (C=O) groups excluding carboxylic acids is 1. The van der Waals surface area contributed by atoms with E-state index >= 15 is 0 Å². The number of amides is 1. The summed E-state index contributed by atoms with van der Waals surface area (Å²) in [5, 5.41) is 9.57. The van der Waals surface area contributed by atoms with Crippen LogP contribution in [0.25, 0.3) is 10.6 Å². The van der Waals surface area contributed by atoms with E-state index in [0.717, 1.165) is 33.2 Å². The van der Waals surface area contributed by atoms with E-state index in [1.165, 1.54) is 11.3 Å². The highest BCUT2D eigenvalue weighted by molar-refractivity contribution is 7.15. The zero-order valence-corrected chi connectivity index (χ0v) is 16.5. The van der Waals surface area contributed by atoms with E-state index < -0.39 is 0 Å². The molecule has 3 aromatic heterocycles. The van der Waals surface area contributed by atoms with E-state index in [1.54, 1.807) is 0 Å². The summed E-state index contributed by atoms with van der Waals surface area (Å²) in [7, 11) is 0. The molecule has 6 nitrogen and oxygen atoms in total. The van der Waals surface area contributed by atoms with Gasteiger partial charge in [0, 0.05) is 22.8 Å². The molecule has 0 fully saturated rings. The van der Waals surface area contributed by atoms with Gasteiger partial charge in [0.2, 0.25) is 0 Å². The van der Waals surface area contributed by atoms with E-state index in [4.69, 9.17) is 0 Å². The number of hydrogen-bond acceptors (Lipinski definition) is 4. The Hall–Kier alpha value is -2.93. The number of fused-ring (bicyclic) bond motifs is 1. The molecule has 3 heterocycles. The molecule has 0 saturated carbocycles. The molecule has 0 aliphatic carbocycles. The number of thiazole rings is 1. The number of nitrogens with zero attached hydrogens (tertiary/aromatic N) is 4. The first-order valence-corrected chi connectivity index (χ1v) is 9.69. The first-order chi connectivity index (χ1) is 13.0. The second kappa shape index (κ2) is 6.66. The van der Waals surface area contributed by atoms with Gasteiger partial charge in [-0.3, -0.25) is 9.20 Å². The third kappa shape index (κ3) is 2.94. The molecule has 27 heavy (non-hydrogen) atoms. The van der Waals surface area contributed by atoms with E-state index in [9.17, 15) is 4.79 Å². The van der Waals surface area contributed by atoms with Crippen LogP contribution in [0.15, 0.2) is 42.0 Å². The van der Waals surface area contributed by atoms with Gasteiger partial charge < -0.3 is 5.32 Å². The van der Waals surface area contributed by atoms with Crippen LogP contribution in [0.2, 0.25) is 0 Å². The van der Waals surface area contributed by atoms with Gasteiger partial charge in [-0.2, -0.15) is 5.10 Å². The van der Waals surface area contributed by atoms with Gasteiger partial charge in [-0.05, 0) is 39.3 Å². The van der Waals surface area contributed by atoms with Crippen LogP contribution in [-0.2, 0) is 0 Å². The molecule has 0 saturated heterocycles. The highest BCUT2D eigenvalue weighted by atomic mass is 32.1. The number of carbonyl (C=O) groups is 1. The lowest BCUT2D eigenvalue weighted by molar-refractivity contribution is 0.0933. The molecule has 1 aromatic carbocycles. The number of rotatable bonds is 4. The summed E-state index contributed by atoms with van der Waals surface area (Å²) < 4.78 is 3.76. The smallest absolute Gasteiger partial charge is 0.270 e. The van der Waals surface area contributed by atoms with E-state index in [-0.39, 0.29) is 11.9 Å². The largest absolute Gasteiger partial charge is 0.344 e. The highest BCUT2D eigenvalue weighted by Gasteiger charge is 2.21. The van der Waals surface area contributed by atoms with Crippen LogP contribution >= 0.6 is 11.3 Å². The number of aromatic nitrogens is 4. The van der Waals surface area contributed by atoms with Crippen molar-refractivity contribution in [1.29, 1.82) is 0 Å². The van der Waals surface area contributed by atoms with Crippen molar-refractivity contribution in [2.45, 2.75) is 33.7 Å². The Morgan fingerprint density at radius 2 is 2.00 bits per heavy atom. The van der Waals surface area contributed by atoms with Crippen LogP contribution < -0.4 is 5.32 Å². The maximum Gasteiger partial charge on any atom is 0.270 e. The Bertz CT molecular complexity index is 1140. The predicted molar refractivity (Wildman–Crippen MR) is 107 cm³/mol. The second-order valence-corrected chi connectivity index (χ2v) is 7.55. The first-order valence-electron chi connectivity index (χ1n) is 8.81. The summed E-state index contributed by atoms with van der Waals surface area (Å²) in [5.74, 6) is -0.131. The molecule has 1 atom stereocenters. The average molecular weight is 379 g/mol. The van der Waals surface area contributed by atoms with Gasteiger partial charge in [-0.15, -0.1) is 11.3 Å². The minimum atomic E-state index is -0.168. The molecule has 0 spiro atoms. The molecular weight excluding hydrogens is 358 g/mol. The van der Waals surface area contributed by atoms with E-state index in [1.807, 2.05) is 65.8 Å². The predicted octanol–water partition coefficient (Wildman–Crippen LogP) is 4.00. The summed E-state index contributed by atoms with van der Waals surface area (Å²) >= 11 is 1.52. The molecule has 7 heteroatoms. The van der Waals surface area contributed by atoms with Crippen molar-refractivity contribution >= 4 is 22.2 Å². The van der Waals surface area contributed by atoms with Crippen LogP contribution in [0, 0.1) is 20.8 Å². The van der Waals surface area contributed by atoms with Gasteiger partial charge in [0.15, 0.2) is 4.96 Å². The van der Waals surface area contributed by atoms with Crippen molar-refractivity contribution in [3.63, 3.8) is 0 Å². The van der Waals surface area contributed by atoms with Crippen LogP contribution in [0.4, 0.5) is 0 Å². The zero-order valence-electron chi connectivity index (χ0n) is 15.7. The molecule has 138 valence electrons. The maximum atomic E-state index is 12.9. The minimum Gasteiger partial charge on any atom is -0.344 e. The Morgan fingerprint density at radius 1 is 1.22 bits per heavy atom. The van der Waals surface area contributed by atoms with Crippen molar-refractivity contribution in [3.8, 4) is 5.69 Å². The number of benzene rings is 1. The number of hydrogen-bond donors (Lipinski definition) is 1. The van der Waals surface area contributed by atoms with Crippen LogP contribution in [0.5, 0.6) is 0 Å². The lowest BCUT2D eigenvalue weighted by Crippen LogP contribution is -2.28. The molecule has 0 aliphatic rings. The van der Waals surface area contributed by atoms with Gasteiger partial charge >= 0.3 is 0 Å². The maximum absolute atomic E-state index is 12.9. The molecule has 4 aromatic rings. The fraction of sp³-hybridized carbons (Fsp3) is 0.250. The third-order valence-electron chi connectivity index (χ3n) is 4.86. The summed E-state index contributed by atoms with van der Waals surface area (Å²) in [6, 6.07) is 7.96. The summed E-state index contributed by atoms with van der Waals surface area (Å²) in [6.07, 6.45) is 3.71. The first kappa shape index (κ1) is 17.5. The van der Waals surface area contributed by atoms with Crippen molar-refractivity contribution in [3.05, 3.63) is 70.2 Å². The number of nitrogens with one attached hydrogen (secondary N) is 1. The lowest BCUT2D eigenvalue weighted by Gasteiger charge is -2.15. The summed E-state index contributed by atoms with van der Waals surface area (Å²) in [4.78, 5) is 18.1. The molecule has 0 aliphatic heterocycles. The molecular formula is C20H21N5OS. The third-order valence-corrected chi connectivity index (χ3v) is 5.61. The van der Waals surface area contributed by atoms with Gasteiger partial charge in [-0.1, -0.05) is 18.2 Å². The topological polar surface area (TPSA) is 64.2 Å². The number of aryl methyl sites for hydroxylation is 2. The SMILES string of the molecule is Cc1ccccc1-n1ncc([C@@H](C)NC(=O)c2c(C)nc3sccn23)c1C. The highest BCUT2D eigenvalue weighted by Crippen LogP contribution is 2.23. The molecule has 0 unspecified atom stereocenters. The van der Waals surface area contributed by atoms with Crippen LogP contribution in [0.1, 0.15) is 46.0 Å². The monoisotopic (exact) mass is 379 g/mol. The van der Waals surface area contributed by atoms with Gasteiger partial charge in [0.25, 0.3) is 5.91 Å². The van der Waals surface area contributed by atoms with Crippen LogP contribution in [0.3, 0.4) is 0 Å². The lowest BCUT2D eigenvalue weighted by atomic mass is 10.1. The fourth-order valence-corrected chi connectivity index (χ4v) is 4.16. The Kier molecular flexibility index (Phi) is 4.31. The van der Waals surface area contributed by atoms with Gasteiger partial charge in [-0.25, -0.2) is 9.67 Å². The van der Waals surface area contributed by atoms with Crippen molar-refractivity contribution in [1.82, 2.24) is 24.5 Å². The molecule has 4 rings (SSSR count). The van der Waals surface area contributed by atoms with Gasteiger partial charge in [0.1, 0.15) is 5.69 Å². The second-order valence-electron chi connectivity index (χ2n) is 6.68. The summed E-state index contributed by atoms with van der Waals surface area (Å²) in [6.45, 7) is 7.93. The van der Waals surface area contributed by atoms with Gasteiger partial charge in [0.05, 0.1) is 23.6 Å². The molecule has 0 radical (unpaired) electrons. The number of para-hydroxylation sites is 1. The minimum absolute atomic E-state index is 0.131. The molecule has 1 N–H and O–H groups in total. The van der Waals surface area contributed by atoms with Crippen molar-refractivity contribution in [2.24, 2.45) is 0 Å². The van der Waals surface area contributed by atoms with Crippen molar-refractivity contribution in [2.75, 3.05) is 0 Å². The van der Waals surface area contributed by atoms with E-state index in [2.05, 4.69) is 28.4 Å². The average Bonchev–Trinajstić information content (AvgIpc) is 3.29. The molecule has 1 amide bonds. The summed E-state index contributed by atoms with van der Waals surface area (Å²) in [5.41, 5.74) is 5.53.